The van der Waals surface area contributed by atoms with Crippen molar-refractivity contribution < 1.29 is 9.90 Å². The van der Waals surface area contributed by atoms with Gasteiger partial charge in [0.15, 0.2) is 0 Å². The average molecular weight is 293 g/mol. The van der Waals surface area contributed by atoms with Gasteiger partial charge in [0.2, 0.25) is 0 Å². The number of nitrogen functional groups attached to an aromatic ring is 1. The van der Waals surface area contributed by atoms with Gasteiger partial charge in [-0.25, -0.2) is 0 Å². The zero-order valence-electron chi connectivity index (χ0n) is 13.0. The fourth-order valence-corrected chi connectivity index (χ4v) is 2.29. The lowest BCUT2D eigenvalue weighted by Gasteiger charge is -2.19. The number of carbonyl (C=O) groups is 1. The first-order valence-electron chi connectivity index (χ1n) is 7.72. The first kappa shape index (κ1) is 17.5. The Morgan fingerprint density at radius 2 is 2.05 bits per heavy atom. The van der Waals surface area contributed by atoms with Gasteiger partial charge < -0.3 is 16.2 Å². The molecule has 1 saturated heterocycles. The Labute approximate surface area is 127 Å². The third kappa shape index (κ3) is 5.73. The van der Waals surface area contributed by atoms with Crippen molar-refractivity contribution >= 4 is 11.6 Å². The standard InChI is InChI=1S/C14H21N3O2.C2H6/c15-12-6-4-11(5-7-12)14(19)16-8-2-10-17-9-1-3-13(17)18;1-2/h4-7,13,18H,1-3,8-10,15H2,(H,16,19);1-2H3. The van der Waals surface area contributed by atoms with E-state index in [0.717, 1.165) is 32.4 Å². The number of amides is 1. The Hall–Kier alpha value is -1.59. The number of aliphatic hydroxyl groups is 1. The molecule has 1 heterocycles. The Morgan fingerprint density at radius 3 is 2.62 bits per heavy atom. The molecule has 0 aliphatic carbocycles. The Balaban J connectivity index is 0.00000106. The number of rotatable bonds is 5. The van der Waals surface area contributed by atoms with E-state index >= 15 is 0 Å². The van der Waals surface area contributed by atoms with Crippen LogP contribution in [0, 0.1) is 0 Å². The predicted molar refractivity (Wildman–Crippen MR) is 86.0 cm³/mol. The second-order valence-electron chi connectivity index (χ2n) is 4.89. The van der Waals surface area contributed by atoms with Gasteiger partial charge in [-0.15, -0.1) is 0 Å². The molecule has 118 valence electrons. The van der Waals surface area contributed by atoms with E-state index in [-0.39, 0.29) is 12.1 Å². The highest BCUT2D eigenvalue weighted by atomic mass is 16.3. The third-order valence-corrected chi connectivity index (χ3v) is 3.41. The Bertz CT molecular complexity index is 420. The minimum atomic E-state index is -0.298. The molecule has 1 aliphatic rings. The molecule has 21 heavy (non-hydrogen) atoms. The highest BCUT2D eigenvalue weighted by Gasteiger charge is 2.20. The molecule has 1 amide bonds. The van der Waals surface area contributed by atoms with Crippen LogP contribution in [-0.2, 0) is 0 Å². The lowest BCUT2D eigenvalue weighted by Crippen LogP contribution is -2.33. The van der Waals surface area contributed by atoms with Gasteiger partial charge in [0.25, 0.3) is 5.91 Å². The highest BCUT2D eigenvalue weighted by Crippen LogP contribution is 2.14. The maximum Gasteiger partial charge on any atom is 0.251 e. The van der Waals surface area contributed by atoms with E-state index in [9.17, 15) is 9.90 Å². The van der Waals surface area contributed by atoms with Crippen molar-refractivity contribution in [2.75, 3.05) is 25.4 Å². The Morgan fingerprint density at radius 1 is 1.38 bits per heavy atom. The SMILES string of the molecule is CC.Nc1ccc(C(=O)NCCCN2CCCC2O)cc1. The lowest BCUT2D eigenvalue weighted by atomic mass is 10.2. The molecule has 0 spiro atoms. The quantitative estimate of drug-likeness (QED) is 0.571. The summed E-state index contributed by atoms with van der Waals surface area (Å²) >= 11 is 0. The molecular weight excluding hydrogens is 266 g/mol. The molecule has 5 heteroatoms. The number of hydrogen-bond acceptors (Lipinski definition) is 4. The fourth-order valence-electron chi connectivity index (χ4n) is 2.29. The number of benzene rings is 1. The maximum absolute atomic E-state index is 11.8. The van der Waals surface area contributed by atoms with Crippen LogP contribution in [0.25, 0.3) is 0 Å². The number of likely N-dealkylation sites (tertiary alicyclic amines) is 1. The van der Waals surface area contributed by atoms with E-state index in [4.69, 9.17) is 5.73 Å². The normalized spacial score (nSPS) is 18.0. The van der Waals surface area contributed by atoms with Crippen LogP contribution >= 0.6 is 0 Å². The minimum absolute atomic E-state index is 0.0815. The van der Waals surface area contributed by atoms with Gasteiger partial charge in [0.05, 0.1) is 0 Å². The van der Waals surface area contributed by atoms with Crippen LogP contribution in [0.2, 0.25) is 0 Å². The van der Waals surface area contributed by atoms with Gasteiger partial charge in [-0.3, -0.25) is 9.69 Å². The molecule has 1 fully saturated rings. The molecule has 1 unspecified atom stereocenters. The van der Waals surface area contributed by atoms with Crippen LogP contribution in [0.4, 0.5) is 5.69 Å². The molecule has 2 rings (SSSR count). The molecule has 1 atom stereocenters. The minimum Gasteiger partial charge on any atom is -0.399 e. The number of nitrogens with two attached hydrogens (primary N) is 1. The molecule has 1 aromatic rings. The average Bonchev–Trinajstić information content (AvgIpc) is 2.91. The van der Waals surface area contributed by atoms with Gasteiger partial charge >= 0.3 is 0 Å². The predicted octanol–water partition coefficient (Wildman–Crippen LogP) is 1.83. The number of carbonyl (C=O) groups excluding carboxylic acids is 1. The monoisotopic (exact) mass is 293 g/mol. The van der Waals surface area contributed by atoms with Crippen LogP contribution in [0.3, 0.4) is 0 Å². The summed E-state index contributed by atoms with van der Waals surface area (Å²) in [4.78, 5) is 13.9. The Kier molecular flexibility index (Phi) is 7.79. The number of nitrogens with one attached hydrogen (secondary N) is 1. The van der Waals surface area contributed by atoms with Crippen molar-refractivity contribution in [2.24, 2.45) is 0 Å². The molecule has 1 aromatic carbocycles. The summed E-state index contributed by atoms with van der Waals surface area (Å²) in [6.07, 6.45) is 2.46. The summed E-state index contributed by atoms with van der Waals surface area (Å²) in [7, 11) is 0. The zero-order chi connectivity index (χ0) is 15.7. The van der Waals surface area contributed by atoms with Crippen molar-refractivity contribution in [3.05, 3.63) is 29.8 Å². The summed E-state index contributed by atoms with van der Waals surface area (Å²) in [6.45, 7) is 6.39. The van der Waals surface area contributed by atoms with Crippen LogP contribution in [0.5, 0.6) is 0 Å². The first-order valence-corrected chi connectivity index (χ1v) is 7.72. The summed E-state index contributed by atoms with van der Waals surface area (Å²) in [6, 6.07) is 6.87. The molecule has 0 bridgehead atoms. The number of aliphatic hydroxyl groups excluding tert-OH is 1. The van der Waals surface area contributed by atoms with Gasteiger partial charge in [-0.2, -0.15) is 0 Å². The van der Waals surface area contributed by atoms with E-state index in [1.807, 2.05) is 13.8 Å². The molecule has 1 aliphatic heterocycles. The number of nitrogens with zero attached hydrogens (tertiary/aromatic N) is 1. The van der Waals surface area contributed by atoms with Crippen LogP contribution in [0.1, 0.15) is 43.5 Å². The molecule has 4 N–H and O–H groups in total. The summed E-state index contributed by atoms with van der Waals surface area (Å²) in [5.41, 5.74) is 6.84. The molecule has 0 aromatic heterocycles. The second kappa shape index (κ2) is 9.37. The van der Waals surface area contributed by atoms with Crippen molar-refractivity contribution in [1.82, 2.24) is 10.2 Å². The second-order valence-corrected chi connectivity index (χ2v) is 4.89. The largest absolute Gasteiger partial charge is 0.399 e. The summed E-state index contributed by atoms with van der Waals surface area (Å²) in [5, 5.41) is 12.5. The zero-order valence-corrected chi connectivity index (χ0v) is 13.0. The van der Waals surface area contributed by atoms with E-state index in [0.29, 0.717) is 17.8 Å². The fraction of sp³-hybridized carbons (Fsp3) is 0.562. The summed E-state index contributed by atoms with van der Waals surface area (Å²) < 4.78 is 0. The number of hydrogen-bond donors (Lipinski definition) is 3. The van der Waals surface area contributed by atoms with E-state index in [1.54, 1.807) is 24.3 Å². The van der Waals surface area contributed by atoms with Crippen molar-refractivity contribution in [3.8, 4) is 0 Å². The van der Waals surface area contributed by atoms with Crippen LogP contribution in [0.15, 0.2) is 24.3 Å². The number of anilines is 1. The highest BCUT2D eigenvalue weighted by molar-refractivity contribution is 5.94. The van der Waals surface area contributed by atoms with E-state index < -0.39 is 0 Å². The third-order valence-electron chi connectivity index (χ3n) is 3.41. The van der Waals surface area contributed by atoms with E-state index in [1.165, 1.54) is 0 Å². The van der Waals surface area contributed by atoms with Crippen molar-refractivity contribution in [1.29, 1.82) is 0 Å². The van der Waals surface area contributed by atoms with Crippen molar-refractivity contribution in [2.45, 2.75) is 39.3 Å². The maximum atomic E-state index is 11.8. The molecular formula is C16H27N3O2. The summed E-state index contributed by atoms with van der Waals surface area (Å²) in [5.74, 6) is -0.0815. The van der Waals surface area contributed by atoms with Crippen molar-refractivity contribution in [3.63, 3.8) is 0 Å². The molecule has 5 nitrogen and oxygen atoms in total. The van der Waals surface area contributed by atoms with Gasteiger partial charge in [-0.05, 0) is 43.5 Å². The first-order chi connectivity index (χ1) is 10.2. The van der Waals surface area contributed by atoms with Crippen LogP contribution < -0.4 is 11.1 Å². The van der Waals surface area contributed by atoms with Crippen LogP contribution in [-0.4, -0.2) is 41.8 Å². The van der Waals surface area contributed by atoms with E-state index in [2.05, 4.69) is 10.2 Å². The lowest BCUT2D eigenvalue weighted by molar-refractivity contribution is 0.0377. The topological polar surface area (TPSA) is 78.6 Å². The van der Waals surface area contributed by atoms with Gasteiger partial charge in [0, 0.05) is 30.9 Å². The van der Waals surface area contributed by atoms with Gasteiger partial charge in [0.1, 0.15) is 6.23 Å². The smallest absolute Gasteiger partial charge is 0.251 e. The molecule has 0 saturated carbocycles. The van der Waals surface area contributed by atoms with Gasteiger partial charge in [-0.1, -0.05) is 13.8 Å². The molecule has 0 radical (unpaired) electrons.